The molecule has 1 rings (SSSR count). The van der Waals surface area contributed by atoms with Crippen molar-refractivity contribution in [3.63, 3.8) is 0 Å². The van der Waals surface area contributed by atoms with Crippen LogP contribution in [-0.4, -0.2) is 33.1 Å². The van der Waals surface area contributed by atoms with E-state index in [0.717, 1.165) is 0 Å². The van der Waals surface area contributed by atoms with Crippen molar-refractivity contribution in [2.75, 3.05) is 0 Å². The summed E-state index contributed by atoms with van der Waals surface area (Å²) in [5, 5.41) is 6.00. The van der Waals surface area contributed by atoms with Gasteiger partial charge in [-0.05, 0) is 33.8 Å². The average Bonchev–Trinajstić information content (AvgIpc) is 2.17. The van der Waals surface area contributed by atoms with E-state index < -0.39 is 0 Å². The van der Waals surface area contributed by atoms with Gasteiger partial charge in [-0.3, -0.25) is 9.59 Å². The summed E-state index contributed by atoms with van der Waals surface area (Å²) >= 11 is 0. The molecule has 0 unspecified atom stereocenters. The molecule has 1 amide bonds. The van der Waals surface area contributed by atoms with Crippen molar-refractivity contribution in [3.8, 4) is 0 Å². The van der Waals surface area contributed by atoms with E-state index in [9.17, 15) is 9.59 Å². The number of hydrogen-bond donors (Lipinski definition) is 1. The number of amides is 1. The van der Waals surface area contributed by atoms with E-state index in [1.807, 2.05) is 27.7 Å². The van der Waals surface area contributed by atoms with Crippen LogP contribution in [0.4, 0.5) is 0 Å². The number of carbonyl (C=O) groups excluding carboxylic acids is 1. The predicted molar refractivity (Wildman–Crippen MR) is 61.3 cm³/mol. The summed E-state index contributed by atoms with van der Waals surface area (Å²) in [5.74, 6) is -0.166. The SMILES string of the molecule is CC(C)N(C(=O)c1ccc(=O)[nH]n1)C(C)C. The van der Waals surface area contributed by atoms with Crippen molar-refractivity contribution in [2.24, 2.45) is 0 Å². The standard InChI is InChI=1S/C11H17N3O2/c1-7(2)14(8(3)4)11(16)9-5-6-10(15)13-12-9/h5-8H,1-4H3,(H,13,15). The van der Waals surface area contributed by atoms with Crippen LogP contribution < -0.4 is 5.56 Å². The summed E-state index contributed by atoms with van der Waals surface area (Å²) in [6, 6.07) is 2.94. The van der Waals surface area contributed by atoms with Gasteiger partial charge in [0.1, 0.15) is 5.69 Å². The topological polar surface area (TPSA) is 66.1 Å². The molecule has 1 heterocycles. The summed E-state index contributed by atoms with van der Waals surface area (Å²) in [4.78, 5) is 24.6. The fraction of sp³-hybridized carbons (Fsp3) is 0.545. The van der Waals surface area contributed by atoms with Crippen LogP contribution in [-0.2, 0) is 0 Å². The Balaban J connectivity index is 2.99. The summed E-state index contributed by atoms with van der Waals surface area (Å²) in [7, 11) is 0. The number of nitrogens with zero attached hydrogens (tertiary/aromatic N) is 2. The quantitative estimate of drug-likeness (QED) is 0.832. The van der Waals surface area contributed by atoms with Gasteiger partial charge in [0.05, 0.1) is 0 Å². The molecule has 5 nitrogen and oxygen atoms in total. The average molecular weight is 223 g/mol. The molecule has 1 aromatic rings. The second-order valence-electron chi connectivity index (χ2n) is 4.21. The van der Waals surface area contributed by atoms with Gasteiger partial charge in [0, 0.05) is 18.2 Å². The molecule has 1 aromatic heterocycles. The van der Waals surface area contributed by atoms with Crippen molar-refractivity contribution in [1.82, 2.24) is 15.1 Å². The number of rotatable bonds is 3. The van der Waals surface area contributed by atoms with E-state index in [4.69, 9.17) is 0 Å². The van der Waals surface area contributed by atoms with E-state index in [-0.39, 0.29) is 29.2 Å². The highest BCUT2D eigenvalue weighted by atomic mass is 16.2. The van der Waals surface area contributed by atoms with Gasteiger partial charge >= 0.3 is 0 Å². The highest BCUT2D eigenvalue weighted by Crippen LogP contribution is 2.09. The van der Waals surface area contributed by atoms with Crippen molar-refractivity contribution in [3.05, 3.63) is 28.2 Å². The minimum Gasteiger partial charge on any atom is -0.332 e. The number of aromatic amines is 1. The molecule has 0 aliphatic heterocycles. The van der Waals surface area contributed by atoms with E-state index >= 15 is 0 Å². The third-order valence-corrected chi connectivity index (χ3v) is 2.25. The van der Waals surface area contributed by atoms with Crippen LogP contribution in [0.5, 0.6) is 0 Å². The van der Waals surface area contributed by atoms with E-state index in [1.165, 1.54) is 12.1 Å². The molecule has 5 heteroatoms. The van der Waals surface area contributed by atoms with Crippen LogP contribution in [0.2, 0.25) is 0 Å². The van der Waals surface area contributed by atoms with Crippen molar-refractivity contribution >= 4 is 5.91 Å². The number of H-pyrrole nitrogens is 1. The number of nitrogens with one attached hydrogen (secondary N) is 1. The second kappa shape index (κ2) is 4.92. The van der Waals surface area contributed by atoms with Gasteiger partial charge in [0.25, 0.3) is 11.5 Å². The lowest BCUT2D eigenvalue weighted by atomic mass is 10.2. The van der Waals surface area contributed by atoms with E-state index in [0.29, 0.717) is 0 Å². The molecule has 88 valence electrons. The molecule has 0 fully saturated rings. The van der Waals surface area contributed by atoms with Crippen molar-refractivity contribution in [2.45, 2.75) is 39.8 Å². The lowest BCUT2D eigenvalue weighted by Gasteiger charge is -2.30. The van der Waals surface area contributed by atoms with Gasteiger partial charge in [-0.15, -0.1) is 0 Å². The lowest BCUT2D eigenvalue weighted by molar-refractivity contribution is 0.0636. The Labute approximate surface area is 94.5 Å². The van der Waals surface area contributed by atoms with Crippen molar-refractivity contribution in [1.29, 1.82) is 0 Å². The Bertz CT molecular complexity index is 395. The third-order valence-electron chi connectivity index (χ3n) is 2.25. The number of hydrogen-bond acceptors (Lipinski definition) is 3. The highest BCUT2D eigenvalue weighted by Gasteiger charge is 2.22. The van der Waals surface area contributed by atoms with E-state index in [2.05, 4.69) is 10.2 Å². The molecule has 0 aliphatic carbocycles. The van der Waals surface area contributed by atoms with Gasteiger partial charge in [-0.25, -0.2) is 5.10 Å². The zero-order valence-corrected chi connectivity index (χ0v) is 10.0. The number of carbonyl (C=O) groups is 1. The summed E-state index contributed by atoms with van der Waals surface area (Å²) in [6.45, 7) is 7.79. The monoisotopic (exact) mass is 223 g/mol. The minimum atomic E-state index is -0.308. The number of aromatic nitrogens is 2. The first-order valence-corrected chi connectivity index (χ1v) is 5.32. The van der Waals surface area contributed by atoms with Gasteiger partial charge in [-0.2, -0.15) is 5.10 Å². The maximum Gasteiger partial charge on any atom is 0.274 e. The first-order chi connectivity index (χ1) is 7.43. The molecule has 0 aromatic carbocycles. The summed E-state index contributed by atoms with van der Waals surface area (Å²) in [5.41, 5.74) is -0.0424. The van der Waals surface area contributed by atoms with Gasteiger partial charge < -0.3 is 4.90 Å². The van der Waals surface area contributed by atoms with Crippen LogP contribution in [0.15, 0.2) is 16.9 Å². The Hall–Kier alpha value is -1.65. The molecule has 0 bridgehead atoms. The zero-order valence-electron chi connectivity index (χ0n) is 10.0. The maximum atomic E-state index is 12.1. The third kappa shape index (κ3) is 2.68. The molecule has 0 saturated heterocycles. The Morgan fingerprint density at radius 3 is 2.19 bits per heavy atom. The molecular weight excluding hydrogens is 206 g/mol. The normalized spacial score (nSPS) is 10.9. The van der Waals surface area contributed by atoms with Crippen LogP contribution >= 0.6 is 0 Å². The fourth-order valence-corrected chi connectivity index (χ4v) is 1.66. The van der Waals surface area contributed by atoms with E-state index in [1.54, 1.807) is 4.90 Å². The largest absolute Gasteiger partial charge is 0.332 e. The maximum absolute atomic E-state index is 12.1. The molecule has 1 N–H and O–H groups in total. The van der Waals surface area contributed by atoms with Crippen LogP contribution in [0.3, 0.4) is 0 Å². The van der Waals surface area contributed by atoms with Crippen LogP contribution in [0, 0.1) is 0 Å². The molecule has 16 heavy (non-hydrogen) atoms. The first-order valence-electron chi connectivity index (χ1n) is 5.32. The van der Waals surface area contributed by atoms with Gasteiger partial charge in [-0.1, -0.05) is 0 Å². The zero-order chi connectivity index (χ0) is 12.3. The molecule has 0 radical (unpaired) electrons. The molecular formula is C11H17N3O2. The summed E-state index contributed by atoms with van der Waals surface area (Å²) in [6.07, 6.45) is 0. The molecule has 0 saturated carbocycles. The Morgan fingerprint density at radius 1 is 1.25 bits per heavy atom. The minimum absolute atomic E-state index is 0.0984. The Kier molecular flexibility index (Phi) is 3.82. The fourth-order valence-electron chi connectivity index (χ4n) is 1.66. The Morgan fingerprint density at radius 2 is 1.81 bits per heavy atom. The first kappa shape index (κ1) is 12.4. The van der Waals surface area contributed by atoms with Gasteiger partial charge in [0.2, 0.25) is 0 Å². The molecule has 0 aliphatic rings. The van der Waals surface area contributed by atoms with Gasteiger partial charge in [0.15, 0.2) is 0 Å². The predicted octanol–water partition coefficient (Wildman–Crippen LogP) is 1.03. The van der Waals surface area contributed by atoms with Crippen LogP contribution in [0.25, 0.3) is 0 Å². The van der Waals surface area contributed by atoms with Crippen molar-refractivity contribution < 1.29 is 4.79 Å². The van der Waals surface area contributed by atoms with Crippen LogP contribution in [0.1, 0.15) is 38.2 Å². The summed E-state index contributed by atoms with van der Waals surface area (Å²) < 4.78 is 0. The second-order valence-corrected chi connectivity index (χ2v) is 4.21. The highest BCUT2D eigenvalue weighted by molar-refractivity contribution is 5.92. The molecule has 0 atom stereocenters. The molecule has 0 spiro atoms. The smallest absolute Gasteiger partial charge is 0.274 e. The lowest BCUT2D eigenvalue weighted by Crippen LogP contribution is -2.42.